The van der Waals surface area contributed by atoms with Crippen molar-refractivity contribution < 1.29 is 4.92 Å². The van der Waals surface area contributed by atoms with Gasteiger partial charge < -0.3 is 9.88 Å². The number of rotatable bonds is 2. The van der Waals surface area contributed by atoms with E-state index in [1.807, 2.05) is 0 Å². The van der Waals surface area contributed by atoms with Crippen molar-refractivity contribution in [3.8, 4) is 0 Å². The lowest BCUT2D eigenvalue weighted by atomic mass is 10.4. The zero-order valence-corrected chi connectivity index (χ0v) is 7.97. The van der Waals surface area contributed by atoms with Gasteiger partial charge in [-0.15, -0.1) is 0 Å². The Labute approximate surface area is 84.9 Å². The van der Waals surface area contributed by atoms with Crippen LogP contribution in [0.15, 0.2) is 11.1 Å². The molecule has 2 rings (SSSR count). The van der Waals surface area contributed by atoms with Gasteiger partial charge in [0.1, 0.15) is 0 Å². The van der Waals surface area contributed by atoms with Gasteiger partial charge in [0.2, 0.25) is 5.82 Å². The number of aromatic nitrogens is 2. The third-order valence-electron chi connectivity index (χ3n) is 2.40. The molecule has 7 heteroatoms. The van der Waals surface area contributed by atoms with Crippen LogP contribution in [0.5, 0.6) is 0 Å². The maximum atomic E-state index is 11.3. The lowest BCUT2D eigenvalue weighted by molar-refractivity contribution is -0.385. The van der Waals surface area contributed by atoms with E-state index < -0.39 is 16.2 Å². The van der Waals surface area contributed by atoms with E-state index in [0.717, 1.165) is 25.9 Å². The van der Waals surface area contributed by atoms with E-state index in [-0.39, 0.29) is 5.82 Å². The molecule has 1 aliphatic rings. The summed E-state index contributed by atoms with van der Waals surface area (Å²) in [6, 6.07) is 0. The second kappa shape index (κ2) is 3.68. The van der Waals surface area contributed by atoms with Crippen molar-refractivity contribution in [3.05, 3.63) is 26.8 Å². The molecule has 0 bridgehead atoms. The number of hydrogen-bond acceptors (Lipinski definition) is 5. The highest BCUT2D eigenvalue weighted by Crippen LogP contribution is 2.23. The predicted octanol–water partition coefficient (Wildman–Crippen LogP) is 0.278. The normalized spacial score (nSPS) is 15.6. The average Bonchev–Trinajstić information content (AvgIpc) is 2.69. The minimum Gasteiger partial charge on any atom is -0.351 e. The molecule has 0 unspecified atom stereocenters. The quantitative estimate of drug-likeness (QED) is 0.559. The third kappa shape index (κ3) is 1.67. The highest BCUT2D eigenvalue weighted by Gasteiger charge is 2.26. The fourth-order valence-electron chi connectivity index (χ4n) is 1.71. The van der Waals surface area contributed by atoms with E-state index in [1.54, 1.807) is 4.90 Å². The minimum absolute atomic E-state index is 0.182. The second-order valence-electron chi connectivity index (χ2n) is 3.36. The van der Waals surface area contributed by atoms with Gasteiger partial charge in [-0.3, -0.25) is 14.9 Å². The van der Waals surface area contributed by atoms with Crippen molar-refractivity contribution >= 4 is 11.5 Å². The number of anilines is 1. The monoisotopic (exact) mass is 210 g/mol. The summed E-state index contributed by atoms with van der Waals surface area (Å²) >= 11 is 0. The highest BCUT2D eigenvalue weighted by atomic mass is 16.6. The van der Waals surface area contributed by atoms with E-state index in [1.165, 1.54) is 6.33 Å². The summed E-state index contributed by atoms with van der Waals surface area (Å²) in [6.45, 7) is 1.44. The molecule has 0 aliphatic carbocycles. The Balaban J connectivity index is 2.50. The van der Waals surface area contributed by atoms with E-state index in [0.29, 0.717) is 0 Å². The summed E-state index contributed by atoms with van der Waals surface area (Å²) in [5.74, 6) is 0.182. The molecular formula is C8H10N4O3. The molecule has 1 aromatic rings. The van der Waals surface area contributed by atoms with Crippen LogP contribution in [0.3, 0.4) is 0 Å². The van der Waals surface area contributed by atoms with Gasteiger partial charge in [0, 0.05) is 13.1 Å². The standard InChI is InChI=1S/C8H10N4O3/c13-8-6(12(14)15)7(9-5-10-8)11-3-1-2-4-11/h5H,1-4H2,(H,9,10,13). The first-order valence-corrected chi connectivity index (χ1v) is 4.67. The first-order valence-electron chi connectivity index (χ1n) is 4.67. The fourth-order valence-corrected chi connectivity index (χ4v) is 1.71. The molecule has 1 fully saturated rings. The summed E-state index contributed by atoms with van der Waals surface area (Å²) in [5, 5.41) is 10.7. The molecule has 1 aliphatic heterocycles. The Kier molecular flexibility index (Phi) is 2.36. The summed E-state index contributed by atoms with van der Waals surface area (Å²) in [4.78, 5) is 29.2. The molecule has 0 spiro atoms. The molecule has 1 saturated heterocycles. The van der Waals surface area contributed by atoms with Crippen molar-refractivity contribution in [2.75, 3.05) is 18.0 Å². The van der Waals surface area contributed by atoms with Crippen LogP contribution >= 0.6 is 0 Å². The number of H-pyrrole nitrogens is 1. The second-order valence-corrected chi connectivity index (χ2v) is 3.36. The summed E-state index contributed by atoms with van der Waals surface area (Å²) in [6.07, 6.45) is 3.15. The first kappa shape index (κ1) is 9.63. The Morgan fingerprint density at radius 3 is 2.73 bits per heavy atom. The van der Waals surface area contributed by atoms with Crippen molar-refractivity contribution in [1.82, 2.24) is 9.97 Å². The van der Waals surface area contributed by atoms with Gasteiger partial charge in [0.25, 0.3) is 0 Å². The van der Waals surface area contributed by atoms with Crippen LogP contribution in [0.1, 0.15) is 12.8 Å². The average molecular weight is 210 g/mol. The maximum Gasteiger partial charge on any atom is 0.375 e. The Morgan fingerprint density at radius 1 is 1.47 bits per heavy atom. The Morgan fingerprint density at radius 2 is 2.13 bits per heavy atom. The molecule has 15 heavy (non-hydrogen) atoms. The molecule has 2 heterocycles. The van der Waals surface area contributed by atoms with Gasteiger partial charge in [0.15, 0.2) is 0 Å². The van der Waals surface area contributed by atoms with Gasteiger partial charge in [-0.05, 0) is 12.8 Å². The Hall–Kier alpha value is -1.92. The first-order chi connectivity index (χ1) is 7.20. The molecular weight excluding hydrogens is 200 g/mol. The van der Waals surface area contributed by atoms with Crippen LogP contribution < -0.4 is 10.5 Å². The van der Waals surface area contributed by atoms with Crippen LogP contribution in [-0.4, -0.2) is 28.0 Å². The largest absolute Gasteiger partial charge is 0.375 e. The van der Waals surface area contributed by atoms with Gasteiger partial charge in [-0.25, -0.2) is 4.98 Å². The number of hydrogen-bond donors (Lipinski definition) is 1. The predicted molar refractivity (Wildman–Crippen MR) is 53.0 cm³/mol. The SMILES string of the molecule is O=c1[nH]cnc(N2CCCC2)c1[N+](=O)[O-]. The zero-order chi connectivity index (χ0) is 10.8. The minimum atomic E-state index is -0.697. The number of nitrogens with zero attached hydrogens (tertiary/aromatic N) is 3. The molecule has 0 aromatic carbocycles. The zero-order valence-electron chi connectivity index (χ0n) is 7.97. The summed E-state index contributed by atoms with van der Waals surface area (Å²) in [5.41, 5.74) is -1.16. The molecule has 0 atom stereocenters. The van der Waals surface area contributed by atoms with Crippen molar-refractivity contribution in [2.45, 2.75) is 12.8 Å². The number of nitro groups is 1. The molecule has 1 aromatic heterocycles. The molecule has 7 nitrogen and oxygen atoms in total. The van der Waals surface area contributed by atoms with E-state index in [2.05, 4.69) is 9.97 Å². The van der Waals surface area contributed by atoms with E-state index >= 15 is 0 Å². The Bertz CT molecular complexity index is 436. The molecule has 0 radical (unpaired) electrons. The van der Waals surface area contributed by atoms with Crippen LogP contribution in [0, 0.1) is 10.1 Å². The third-order valence-corrected chi connectivity index (χ3v) is 2.40. The van der Waals surface area contributed by atoms with Gasteiger partial charge in [-0.1, -0.05) is 0 Å². The van der Waals surface area contributed by atoms with E-state index in [9.17, 15) is 14.9 Å². The molecule has 0 saturated carbocycles. The molecule has 0 amide bonds. The topological polar surface area (TPSA) is 92.1 Å². The van der Waals surface area contributed by atoms with Gasteiger partial charge in [0.05, 0.1) is 11.3 Å². The van der Waals surface area contributed by atoms with Crippen molar-refractivity contribution in [1.29, 1.82) is 0 Å². The lowest BCUT2D eigenvalue weighted by Crippen LogP contribution is -2.24. The summed E-state index contributed by atoms with van der Waals surface area (Å²) in [7, 11) is 0. The van der Waals surface area contributed by atoms with Gasteiger partial charge in [-0.2, -0.15) is 0 Å². The number of nitrogens with one attached hydrogen (secondary N) is 1. The van der Waals surface area contributed by atoms with Crippen LogP contribution in [-0.2, 0) is 0 Å². The maximum absolute atomic E-state index is 11.3. The smallest absolute Gasteiger partial charge is 0.351 e. The highest BCUT2D eigenvalue weighted by molar-refractivity contribution is 5.56. The van der Waals surface area contributed by atoms with Crippen LogP contribution in [0.4, 0.5) is 11.5 Å². The fraction of sp³-hybridized carbons (Fsp3) is 0.500. The van der Waals surface area contributed by atoms with Crippen LogP contribution in [0.25, 0.3) is 0 Å². The summed E-state index contributed by atoms with van der Waals surface area (Å²) < 4.78 is 0. The number of aromatic amines is 1. The molecule has 80 valence electrons. The van der Waals surface area contributed by atoms with Crippen LogP contribution in [0.2, 0.25) is 0 Å². The lowest BCUT2D eigenvalue weighted by Gasteiger charge is -2.14. The van der Waals surface area contributed by atoms with Gasteiger partial charge >= 0.3 is 11.2 Å². The van der Waals surface area contributed by atoms with Crippen molar-refractivity contribution in [2.24, 2.45) is 0 Å². The van der Waals surface area contributed by atoms with Crippen molar-refractivity contribution in [3.63, 3.8) is 0 Å². The van der Waals surface area contributed by atoms with E-state index in [4.69, 9.17) is 0 Å². The molecule has 1 N–H and O–H groups in total.